The van der Waals surface area contributed by atoms with E-state index in [1.54, 1.807) is 0 Å². The molecule has 0 aromatic rings. The molecular formula is CH2NdO7P. The van der Waals surface area contributed by atoms with Gasteiger partial charge in [-0.25, -0.2) is 4.79 Å². The maximum absolute atomic E-state index is 8.56. The van der Waals surface area contributed by atoms with Crippen molar-refractivity contribution in [2.24, 2.45) is 0 Å². The van der Waals surface area contributed by atoms with Gasteiger partial charge in [-0.15, -0.1) is 0 Å². The predicted molar refractivity (Wildman–Crippen MR) is 18.3 cm³/mol. The minimum absolute atomic E-state index is 0. The van der Waals surface area contributed by atoms with Gasteiger partial charge in [-0.2, -0.15) is 7.82 Å². The van der Waals surface area contributed by atoms with Crippen molar-refractivity contribution in [3.8, 4) is 0 Å². The van der Waals surface area contributed by atoms with Crippen molar-refractivity contribution in [3.05, 3.63) is 0 Å². The normalized spacial score (nSPS) is 8.30. The average molecular weight is 301 g/mol. The molecule has 9 heteroatoms. The Morgan fingerprint density at radius 1 is 1.20 bits per heavy atom. The van der Waals surface area contributed by atoms with Crippen LogP contribution in [0.15, 0.2) is 0 Å². The van der Waals surface area contributed by atoms with Gasteiger partial charge < -0.3 is 29.5 Å². The summed E-state index contributed by atoms with van der Waals surface area (Å²) in [6, 6.07) is 0. The van der Waals surface area contributed by atoms with Crippen molar-refractivity contribution in [1.29, 1.82) is 0 Å². The fourth-order valence-electron chi connectivity index (χ4n) is 0. The molecule has 0 rings (SSSR count). The third-order valence-electron chi connectivity index (χ3n) is 0. The first kappa shape index (κ1) is 17.0. The minimum Gasteiger partial charge on any atom is -0.822 e. The molecule has 10 heavy (non-hydrogen) atoms. The molecule has 0 aliphatic heterocycles. The monoisotopic (exact) mass is 299 g/mol. The van der Waals surface area contributed by atoms with Crippen LogP contribution < -0.4 is 14.7 Å². The second-order valence-corrected chi connectivity index (χ2v) is 1.62. The van der Waals surface area contributed by atoms with Crippen molar-refractivity contribution in [2.45, 2.75) is 0 Å². The number of rotatable bonds is 0. The molecule has 0 atom stereocenters. The van der Waals surface area contributed by atoms with Gasteiger partial charge in [0.1, 0.15) is 0 Å². The number of hydrogen-bond donors (Lipinski definition) is 2. The molecule has 0 unspecified atom stereocenters. The van der Waals surface area contributed by atoms with Crippen LogP contribution in [0.1, 0.15) is 0 Å². The Morgan fingerprint density at radius 2 is 1.20 bits per heavy atom. The van der Waals surface area contributed by atoms with E-state index in [2.05, 4.69) is 0 Å². The summed E-state index contributed by atoms with van der Waals surface area (Å²) in [5.41, 5.74) is 0. The molecule has 57 valence electrons. The molecule has 0 saturated heterocycles. The topological polar surface area (TPSA) is 144 Å². The van der Waals surface area contributed by atoms with Gasteiger partial charge in [-0.3, -0.25) is 0 Å². The Bertz CT molecular complexity index is 113. The van der Waals surface area contributed by atoms with Crippen LogP contribution in [-0.2, 0) is 4.57 Å². The van der Waals surface area contributed by atoms with Crippen LogP contribution in [-0.4, -0.2) is 16.4 Å². The zero-order valence-corrected chi connectivity index (χ0v) is 8.49. The van der Waals surface area contributed by atoms with Crippen molar-refractivity contribution >= 4 is 14.0 Å². The second kappa shape index (κ2) is 7.83. The van der Waals surface area contributed by atoms with E-state index in [1.165, 1.54) is 0 Å². The molecule has 0 amide bonds. The van der Waals surface area contributed by atoms with E-state index in [0.717, 1.165) is 0 Å². The van der Waals surface area contributed by atoms with Crippen LogP contribution in [0, 0.1) is 40.8 Å². The largest absolute Gasteiger partial charge is 3.00 e. The van der Waals surface area contributed by atoms with Gasteiger partial charge in [0.25, 0.3) is 0 Å². The van der Waals surface area contributed by atoms with E-state index >= 15 is 0 Å². The van der Waals surface area contributed by atoms with Crippen LogP contribution in [0.25, 0.3) is 0 Å². The zero-order chi connectivity index (χ0) is 8.08. The summed E-state index contributed by atoms with van der Waals surface area (Å²) >= 11 is 0. The van der Waals surface area contributed by atoms with Crippen molar-refractivity contribution in [1.82, 2.24) is 0 Å². The molecule has 0 aliphatic rings. The predicted octanol–water partition coefficient (Wildman–Crippen LogP) is -2.60. The van der Waals surface area contributed by atoms with Crippen LogP contribution in [0.4, 0.5) is 4.79 Å². The summed E-state index contributed by atoms with van der Waals surface area (Å²) in [6.45, 7) is 0. The Balaban J connectivity index is -0.0000000910. The van der Waals surface area contributed by atoms with E-state index in [0.29, 0.717) is 0 Å². The van der Waals surface area contributed by atoms with Gasteiger partial charge in [-0.05, 0) is 0 Å². The zero-order valence-electron chi connectivity index (χ0n) is 4.38. The maximum Gasteiger partial charge on any atom is 3.00 e. The van der Waals surface area contributed by atoms with Gasteiger partial charge in [-0.1, -0.05) is 0 Å². The molecule has 0 spiro atoms. The SMILES string of the molecule is O=C(O)O.O=P([O-])([O-])[O-].[Nd+3]. The molecule has 0 fully saturated rings. The molecule has 7 nitrogen and oxygen atoms in total. The summed E-state index contributed by atoms with van der Waals surface area (Å²) in [7, 11) is -5.39. The van der Waals surface area contributed by atoms with Gasteiger partial charge >= 0.3 is 47.0 Å². The number of phosphoric acid groups is 1. The molecule has 0 heterocycles. The van der Waals surface area contributed by atoms with Crippen molar-refractivity contribution in [2.75, 3.05) is 0 Å². The first-order valence-electron chi connectivity index (χ1n) is 1.38. The van der Waals surface area contributed by atoms with Gasteiger partial charge in [0, 0.05) is 0 Å². The fraction of sp³-hybridized carbons (Fsp3) is 0. The first-order valence-corrected chi connectivity index (χ1v) is 2.84. The Hall–Kier alpha value is 0.731. The van der Waals surface area contributed by atoms with E-state index < -0.39 is 14.0 Å². The van der Waals surface area contributed by atoms with Crippen molar-refractivity contribution in [3.63, 3.8) is 0 Å². The first-order chi connectivity index (χ1) is 3.73. The number of carbonyl (C=O) groups is 1. The fourth-order valence-corrected chi connectivity index (χ4v) is 0. The third kappa shape index (κ3) is 977. The summed E-state index contributed by atoms with van der Waals surface area (Å²) in [5.74, 6) is 0. The molecule has 0 bridgehead atoms. The molecule has 0 saturated carbocycles. The summed E-state index contributed by atoms with van der Waals surface area (Å²) in [5, 5.41) is 13.9. The van der Waals surface area contributed by atoms with E-state index in [1.807, 2.05) is 0 Å². The van der Waals surface area contributed by atoms with Crippen LogP contribution in [0.5, 0.6) is 0 Å². The molecule has 0 aliphatic carbocycles. The van der Waals surface area contributed by atoms with Crippen LogP contribution in [0.3, 0.4) is 0 Å². The quantitative estimate of drug-likeness (QED) is 0.467. The average Bonchev–Trinajstić information content (AvgIpc) is 1.19. The summed E-state index contributed by atoms with van der Waals surface area (Å²) in [4.78, 5) is 34.2. The smallest absolute Gasteiger partial charge is 0.822 e. The Morgan fingerprint density at radius 3 is 1.20 bits per heavy atom. The van der Waals surface area contributed by atoms with Crippen molar-refractivity contribution < 1.29 is 75.1 Å². The van der Waals surface area contributed by atoms with E-state index in [9.17, 15) is 0 Å². The summed E-state index contributed by atoms with van der Waals surface area (Å²) in [6.07, 6.45) is -1.83. The third-order valence-corrected chi connectivity index (χ3v) is 0. The molecular weight excluding hydrogens is 299 g/mol. The van der Waals surface area contributed by atoms with Gasteiger partial charge in [0.15, 0.2) is 0 Å². The summed E-state index contributed by atoms with van der Waals surface area (Å²) < 4.78 is 8.55. The van der Waals surface area contributed by atoms with Crippen LogP contribution >= 0.6 is 7.82 Å². The van der Waals surface area contributed by atoms with E-state index in [-0.39, 0.29) is 40.8 Å². The minimum atomic E-state index is -5.39. The molecule has 2 N–H and O–H groups in total. The second-order valence-electron chi connectivity index (χ2n) is 0.730. The Labute approximate surface area is 88.5 Å². The van der Waals surface area contributed by atoms with E-state index in [4.69, 9.17) is 34.3 Å². The van der Waals surface area contributed by atoms with Gasteiger partial charge in [0.05, 0.1) is 0 Å². The number of hydrogen-bond acceptors (Lipinski definition) is 5. The molecule has 1 radical (unpaired) electrons. The number of carboxylic acid groups (broad SMARTS) is 2. The molecule has 0 aromatic heterocycles. The van der Waals surface area contributed by atoms with Gasteiger partial charge in [0.2, 0.25) is 0 Å². The standard InChI is InChI=1S/CH2O3.Nd.H3O4P/c2-1(3)4;;1-5(2,3)4/h(H2,2,3,4);;(H3,1,2,3,4)/q;+3;/p-3. The Kier molecular flexibility index (Phi) is 13.3. The molecule has 0 aromatic carbocycles. The maximum atomic E-state index is 8.56. The van der Waals surface area contributed by atoms with Crippen LogP contribution in [0.2, 0.25) is 0 Å².